The van der Waals surface area contributed by atoms with Crippen molar-refractivity contribution in [3.8, 4) is 0 Å². The Morgan fingerprint density at radius 2 is 2.31 bits per heavy atom. The van der Waals surface area contributed by atoms with E-state index in [9.17, 15) is 4.79 Å². The molecule has 1 atom stereocenters. The summed E-state index contributed by atoms with van der Waals surface area (Å²) in [7, 11) is 1.61. The predicted molar refractivity (Wildman–Crippen MR) is 64.8 cm³/mol. The quantitative estimate of drug-likeness (QED) is 0.803. The number of carbonyl (C=O) groups excluding carboxylic acids is 1. The van der Waals surface area contributed by atoms with Crippen molar-refractivity contribution < 1.29 is 9.53 Å². The molecule has 0 aromatic heterocycles. The van der Waals surface area contributed by atoms with Crippen LogP contribution in [0.4, 0.5) is 0 Å². The molecule has 0 aliphatic rings. The van der Waals surface area contributed by atoms with Crippen LogP contribution in [0.25, 0.3) is 0 Å². The molecule has 1 unspecified atom stereocenters. The van der Waals surface area contributed by atoms with E-state index in [0.29, 0.717) is 18.1 Å². The summed E-state index contributed by atoms with van der Waals surface area (Å²) < 4.78 is 4.95. The van der Waals surface area contributed by atoms with Gasteiger partial charge in [-0.3, -0.25) is 4.79 Å². The molecule has 0 bridgehead atoms. The van der Waals surface area contributed by atoms with Crippen molar-refractivity contribution in [3.05, 3.63) is 35.4 Å². The number of carbonyl (C=O) groups is 1. The van der Waals surface area contributed by atoms with Gasteiger partial charge in [-0.1, -0.05) is 12.1 Å². The summed E-state index contributed by atoms with van der Waals surface area (Å²) in [5, 5.41) is 2.84. The average molecular weight is 242 g/mol. The summed E-state index contributed by atoms with van der Waals surface area (Å²) in [6, 6.07) is 7.28. The van der Waals surface area contributed by atoms with Crippen LogP contribution in [-0.2, 0) is 10.6 Å². The van der Waals surface area contributed by atoms with Gasteiger partial charge < -0.3 is 10.1 Å². The smallest absolute Gasteiger partial charge is 0.251 e. The van der Waals surface area contributed by atoms with Crippen LogP contribution in [0.2, 0.25) is 0 Å². The van der Waals surface area contributed by atoms with E-state index in [-0.39, 0.29) is 11.9 Å². The van der Waals surface area contributed by atoms with E-state index in [4.69, 9.17) is 16.3 Å². The molecule has 1 N–H and O–H groups in total. The zero-order valence-corrected chi connectivity index (χ0v) is 10.3. The van der Waals surface area contributed by atoms with Crippen molar-refractivity contribution in [1.82, 2.24) is 5.32 Å². The number of ether oxygens (including phenoxy) is 1. The van der Waals surface area contributed by atoms with Gasteiger partial charge in [-0.15, -0.1) is 11.6 Å². The standard InChI is InChI=1S/C12H16ClNO2/c1-9(8-16-2)14-12(15)11-5-3-4-10(6-11)7-13/h3-6,9H,7-8H2,1-2H3,(H,14,15). The molecule has 88 valence electrons. The molecule has 0 aliphatic heterocycles. The average Bonchev–Trinajstić information content (AvgIpc) is 2.29. The van der Waals surface area contributed by atoms with E-state index < -0.39 is 0 Å². The lowest BCUT2D eigenvalue weighted by molar-refractivity contribution is 0.0905. The summed E-state index contributed by atoms with van der Waals surface area (Å²) in [4.78, 5) is 11.8. The van der Waals surface area contributed by atoms with Gasteiger partial charge in [0.15, 0.2) is 0 Å². The van der Waals surface area contributed by atoms with Crippen LogP contribution in [0.15, 0.2) is 24.3 Å². The second-order valence-electron chi connectivity index (χ2n) is 3.66. The third-order valence-electron chi connectivity index (χ3n) is 2.14. The van der Waals surface area contributed by atoms with E-state index in [1.165, 1.54) is 0 Å². The first-order valence-electron chi connectivity index (χ1n) is 5.12. The van der Waals surface area contributed by atoms with Gasteiger partial charge in [-0.05, 0) is 24.6 Å². The number of rotatable bonds is 5. The van der Waals surface area contributed by atoms with Crippen molar-refractivity contribution in [2.24, 2.45) is 0 Å². The highest BCUT2D eigenvalue weighted by Crippen LogP contribution is 2.07. The van der Waals surface area contributed by atoms with Gasteiger partial charge in [0.25, 0.3) is 5.91 Å². The lowest BCUT2D eigenvalue weighted by atomic mass is 10.1. The lowest BCUT2D eigenvalue weighted by Crippen LogP contribution is -2.35. The third-order valence-corrected chi connectivity index (χ3v) is 2.45. The van der Waals surface area contributed by atoms with E-state index in [1.54, 1.807) is 19.2 Å². The van der Waals surface area contributed by atoms with Gasteiger partial charge in [-0.2, -0.15) is 0 Å². The first-order valence-corrected chi connectivity index (χ1v) is 5.65. The normalized spacial score (nSPS) is 12.2. The number of hydrogen-bond acceptors (Lipinski definition) is 2. The highest BCUT2D eigenvalue weighted by Gasteiger charge is 2.09. The van der Waals surface area contributed by atoms with Crippen LogP contribution >= 0.6 is 11.6 Å². The Kier molecular flexibility index (Phi) is 5.29. The molecule has 0 heterocycles. The van der Waals surface area contributed by atoms with Crippen LogP contribution in [-0.4, -0.2) is 25.7 Å². The minimum Gasteiger partial charge on any atom is -0.383 e. The molecular weight excluding hydrogens is 226 g/mol. The number of methoxy groups -OCH3 is 1. The molecule has 4 heteroatoms. The molecular formula is C12H16ClNO2. The predicted octanol–water partition coefficient (Wildman–Crippen LogP) is 2.19. The molecule has 0 fully saturated rings. The third kappa shape index (κ3) is 3.83. The van der Waals surface area contributed by atoms with Crippen LogP contribution in [0, 0.1) is 0 Å². The number of nitrogens with one attached hydrogen (secondary N) is 1. The zero-order valence-electron chi connectivity index (χ0n) is 9.50. The van der Waals surface area contributed by atoms with E-state index in [1.807, 2.05) is 19.1 Å². The molecule has 1 aromatic rings. The summed E-state index contributed by atoms with van der Waals surface area (Å²) >= 11 is 5.71. The summed E-state index contributed by atoms with van der Waals surface area (Å²) in [6.45, 7) is 2.40. The Labute approximate surface area is 101 Å². The molecule has 0 spiro atoms. The fourth-order valence-electron chi connectivity index (χ4n) is 1.39. The Morgan fingerprint density at radius 3 is 2.94 bits per heavy atom. The van der Waals surface area contributed by atoms with E-state index in [2.05, 4.69) is 5.32 Å². The van der Waals surface area contributed by atoms with Crippen LogP contribution in [0.5, 0.6) is 0 Å². The van der Waals surface area contributed by atoms with Crippen LogP contribution in [0.3, 0.4) is 0 Å². The monoisotopic (exact) mass is 241 g/mol. The number of amides is 1. The van der Waals surface area contributed by atoms with Crippen molar-refractivity contribution in [2.75, 3.05) is 13.7 Å². The van der Waals surface area contributed by atoms with Crippen molar-refractivity contribution in [1.29, 1.82) is 0 Å². The molecule has 1 aromatic carbocycles. The van der Waals surface area contributed by atoms with Gasteiger partial charge >= 0.3 is 0 Å². The fourth-order valence-corrected chi connectivity index (χ4v) is 1.56. The molecule has 0 saturated carbocycles. The second-order valence-corrected chi connectivity index (χ2v) is 3.93. The highest BCUT2D eigenvalue weighted by molar-refractivity contribution is 6.17. The summed E-state index contributed by atoms with van der Waals surface area (Å²) in [5.41, 5.74) is 1.56. The topological polar surface area (TPSA) is 38.3 Å². The Bertz CT molecular complexity index is 355. The molecule has 16 heavy (non-hydrogen) atoms. The maximum absolute atomic E-state index is 11.8. The largest absolute Gasteiger partial charge is 0.383 e. The van der Waals surface area contributed by atoms with Gasteiger partial charge in [0, 0.05) is 24.6 Å². The second kappa shape index (κ2) is 6.51. The van der Waals surface area contributed by atoms with Gasteiger partial charge in [0.05, 0.1) is 6.61 Å². The van der Waals surface area contributed by atoms with E-state index in [0.717, 1.165) is 5.56 Å². The molecule has 1 rings (SSSR count). The first kappa shape index (κ1) is 13.0. The Hall–Kier alpha value is -1.06. The Morgan fingerprint density at radius 1 is 1.56 bits per heavy atom. The fraction of sp³-hybridized carbons (Fsp3) is 0.417. The molecule has 0 aliphatic carbocycles. The van der Waals surface area contributed by atoms with Gasteiger partial charge in [-0.25, -0.2) is 0 Å². The summed E-state index contributed by atoms with van der Waals surface area (Å²) in [5.74, 6) is 0.311. The lowest BCUT2D eigenvalue weighted by Gasteiger charge is -2.12. The van der Waals surface area contributed by atoms with Gasteiger partial charge in [0.1, 0.15) is 0 Å². The van der Waals surface area contributed by atoms with Crippen LogP contribution < -0.4 is 5.32 Å². The number of benzene rings is 1. The highest BCUT2D eigenvalue weighted by atomic mass is 35.5. The number of halogens is 1. The van der Waals surface area contributed by atoms with Crippen molar-refractivity contribution in [2.45, 2.75) is 18.8 Å². The van der Waals surface area contributed by atoms with Crippen molar-refractivity contribution >= 4 is 17.5 Å². The SMILES string of the molecule is COCC(C)NC(=O)c1cccc(CCl)c1. The minimum absolute atomic E-state index is 0.00263. The zero-order chi connectivity index (χ0) is 12.0. The Balaban J connectivity index is 2.65. The molecule has 0 saturated heterocycles. The molecule has 0 radical (unpaired) electrons. The van der Waals surface area contributed by atoms with E-state index >= 15 is 0 Å². The maximum atomic E-state index is 11.8. The molecule has 3 nitrogen and oxygen atoms in total. The number of alkyl halides is 1. The first-order chi connectivity index (χ1) is 7.67. The maximum Gasteiger partial charge on any atom is 0.251 e. The van der Waals surface area contributed by atoms with Crippen molar-refractivity contribution in [3.63, 3.8) is 0 Å². The van der Waals surface area contributed by atoms with Gasteiger partial charge in [0.2, 0.25) is 0 Å². The molecule has 1 amide bonds. The van der Waals surface area contributed by atoms with Crippen LogP contribution in [0.1, 0.15) is 22.8 Å². The minimum atomic E-state index is -0.100. The summed E-state index contributed by atoms with van der Waals surface area (Å²) in [6.07, 6.45) is 0. The number of hydrogen-bond donors (Lipinski definition) is 1.